The van der Waals surface area contributed by atoms with Crippen molar-refractivity contribution in [2.24, 2.45) is 0 Å². The van der Waals surface area contributed by atoms with Crippen LogP contribution in [0.15, 0.2) is 46.0 Å². The van der Waals surface area contributed by atoms with Crippen LogP contribution in [0.4, 0.5) is 5.69 Å². The van der Waals surface area contributed by atoms with E-state index in [0.717, 1.165) is 22.3 Å². The van der Waals surface area contributed by atoms with Crippen molar-refractivity contribution in [2.75, 3.05) is 11.1 Å². The Balaban J connectivity index is 1.63. The standard InChI is InChI=1S/C19H18ClN3O2S/c1-11-8-13(3)17(15(20)9-11)21-16(24)10-26-19-23-22-18(25-19)14-7-5-4-6-12(14)2/h4-9H,10H2,1-3H3,(H,21,24). The van der Waals surface area contributed by atoms with Gasteiger partial charge in [0.1, 0.15) is 0 Å². The Morgan fingerprint density at radius 2 is 1.92 bits per heavy atom. The molecule has 26 heavy (non-hydrogen) atoms. The third kappa shape index (κ3) is 4.26. The van der Waals surface area contributed by atoms with Crippen molar-refractivity contribution in [3.05, 3.63) is 58.1 Å². The van der Waals surface area contributed by atoms with E-state index in [1.165, 1.54) is 11.8 Å². The molecule has 2 aromatic carbocycles. The summed E-state index contributed by atoms with van der Waals surface area (Å²) < 4.78 is 5.65. The number of hydrogen-bond donors (Lipinski definition) is 1. The van der Waals surface area contributed by atoms with Gasteiger partial charge in [-0.3, -0.25) is 4.79 Å². The van der Waals surface area contributed by atoms with Gasteiger partial charge in [0, 0.05) is 5.56 Å². The number of carbonyl (C=O) groups is 1. The Kier molecular flexibility index (Phi) is 5.64. The molecule has 0 aliphatic heterocycles. The van der Waals surface area contributed by atoms with Crippen molar-refractivity contribution in [1.82, 2.24) is 10.2 Å². The van der Waals surface area contributed by atoms with Gasteiger partial charge in [0.25, 0.3) is 5.22 Å². The zero-order chi connectivity index (χ0) is 18.7. The van der Waals surface area contributed by atoms with Crippen molar-refractivity contribution < 1.29 is 9.21 Å². The van der Waals surface area contributed by atoms with E-state index in [-0.39, 0.29) is 11.7 Å². The second-order valence-corrected chi connectivity index (χ2v) is 7.30. The maximum atomic E-state index is 12.2. The number of anilines is 1. The van der Waals surface area contributed by atoms with E-state index in [4.69, 9.17) is 16.0 Å². The molecule has 1 aromatic heterocycles. The van der Waals surface area contributed by atoms with Crippen LogP contribution in [0.5, 0.6) is 0 Å². The van der Waals surface area contributed by atoms with Crippen LogP contribution in [-0.4, -0.2) is 21.9 Å². The molecule has 0 atom stereocenters. The first-order chi connectivity index (χ1) is 12.4. The Bertz CT molecular complexity index is 932. The van der Waals surface area contributed by atoms with Crippen LogP contribution < -0.4 is 5.32 Å². The Morgan fingerprint density at radius 1 is 1.15 bits per heavy atom. The summed E-state index contributed by atoms with van der Waals surface area (Å²) in [6.07, 6.45) is 0. The number of nitrogens with zero attached hydrogens (tertiary/aromatic N) is 2. The largest absolute Gasteiger partial charge is 0.411 e. The number of thioether (sulfide) groups is 1. The minimum Gasteiger partial charge on any atom is -0.411 e. The zero-order valence-corrected chi connectivity index (χ0v) is 16.2. The quantitative estimate of drug-likeness (QED) is 0.620. The van der Waals surface area contributed by atoms with Gasteiger partial charge in [-0.2, -0.15) is 0 Å². The molecule has 0 saturated heterocycles. The fourth-order valence-corrected chi connectivity index (χ4v) is 3.50. The molecule has 0 unspecified atom stereocenters. The molecule has 3 aromatic rings. The first-order valence-corrected chi connectivity index (χ1v) is 9.39. The molecule has 3 rings (SSSR count). The summed E-state index contributed by atoms with van der Waals surface area (Å²) in [5, 5.41) is 11.8. The number of aryl methyl sites for hydroxylation is 3. The predicted molar refractivity (Wildman–Crippen MR) is 105 cm³/mol. The van der Waals surface area contributed by atoms with Gasteiger partial charge in [-0.05, 0) is 49.6 Å². The Hall–Kier alpha value is -2.31. The maximum Gasteiger partial charge on any atom is 0.277 e. The summed E-state index contributed by atoms with van der Waals surface area (Å²) in [7, 11) is 0. The lowest BCUT2D eigenvalue weighted by Gasteiger charge is -2.11. The van der Waals surface area contributed by atoms with Gasteiger partial charge in [-0.1, -0.05) is 47.6 Å². The molecular formula is C19H18ClN3O2S. The Labute approximate surface area is 161 Å². The highest BCUT2D eigenvalue weighted by Gasteiger charge is 2.14. The number of halogens is 1. The topological polar surface area (TPSA) is 68.0 Å². The van der Waals surface area contributed by atoms with Gasteiger partial charge in [0.2, 0.25) is 11.8 Å². The molecule has 1 N–H and O–H groups in total. The molecule has 134 valence electrons. The number of amides is 1. The number of hydrogen-bond acceptors (Lipinski definition) is 5. The average Bonchev–Trinajstić information content (AvgIpc) is 3.05. The van der Waals surface area contributed by atoms with Crippen molar-refractivity contribution in [3.8, 4) is 11.5 Å². The smallest absolute Gasteiger partial charge is 0.277 e. The van der Waals surface area contributed by atoms with Crippen LogP contribution in [-0.2, 0) is 4.79 Å². The number of aromatic nitrogens is 2. The molecule has 0 spiro atoms. The molecule has 0 aliphatic rings. The van der Waals surface area contributed by atoms with Gasteiger partial charge in [0.15, 0.2) is 0 Å². The summed E-state index contributed by atoms with van der Waals surface area (Å²) in [5.41, 5.74) is 4.55. The minimum atomic E-state index is -0.181. The normalized spacial score (nSPS) is 10.8. The molecular weight excluding hydrogens is 370 g/mol. The van der Waals surface area contributed by atoms with Crippen molar-refractivity contribution >= 4 is 35.0 Å². The average molecular weight is 388 g/mol. The fourth-order valence-electron chi connectivity index (χ4n) is 2.57. The molecule has 0 fully saturated rings. The van der Waals surface area contributed by atoms with Gasteiger partial charge < -0.3 is 9.73 Å². The number of rotatable bonds is 5. The molecule has 0 saturated carbocycles. The minimum absolute atomic E-state index is 0.152. The monoisotopic (exact) mass is 387 g/mol. The summed E-state index contributed by atoms with van der Waals surface area (Å²) in [5.74, 6) is 0.418. The van der Waals surface area contributed by atoms with Crippen LogP contribution >= 0.6 is 23.4 Å². The molecule has 0 aliphatic carbocycles. The van der Waals surface area contributed by atoms with E-state index in [1.54, 1.807) is 0 Å². The third-order valence-corrected chi connectivity index (χ3v) is 4.92. The number of carbonyl (C=O) groups excluding carboxylic acids is 1. The summed E-state index contributed by atoms with van der Waals surface area (Å²) in [4.78, 5) is 12.2. The molecule has 0 radical (unpaired) electrons. The summed E-state index contributed by atoms with van der Waals surface area (Å²) in [6, 6.07) is 11.6. The first kappa shape index (κ1) is 18.5. The lowest BCUT2D eigenvalue weighted by molar-refractivity contribution is -0.113. The highest BCUT2D eigenvalue weighted by atomic mass is 35.5. The summed E-state index contributed by atoms with van der Waals surface area (Å²) in [6.45, 7) is 5.85. The SMILES string of the molecule is Cc1cc(C)c(NC(=O)CSc2nnc(-c3ccccc3C)o2)c(Cl)c1. The second-order valence-electron chi connectivity index (χ2n) is 5.96. The van der Waals surface area contributed by atoms with Crippen molar-refractivity contribution in [2.45, 2.75) is 26.0 Å². The highest BCUT2D eigenvalue weighted by molar-refractivity contribution is 7.99. The molecule has 1 amide bonds. The molecule has 7 heteroatoms. The fraction of sp³-hybridized carbons (Fsp3) is 0.211. The predicted octanol–water partition coefficient (Wildman–Crippen LogP) is 5.05. The Morgan fingerprint density at radius 3 is 2.65 bits per heavy atom. The molecule has 5 nitrogen and oxygen atoms in total. The highest BCUT2D eigenvalue weighted by Crippen LogP contribution is 2.28. The molecule has 0 bridgehead atoms. The maximum absolute atomic E-state index is 12.2. The van der Waals surface area contributed by atoms with Crippen molar-refractivity contribution in [3.63, 3.8) is 0 Å². The van der Waals surface area contributed by atoms with Crippen LogP contribution in [0.25, 0.3) is 11.5 Å². The van der Waals surface area contributed by atoms with Gasteiger partial charge in [-0.15, -0.1) is 10.2 Å². The lowest BCUT2D eigenvalue weighted by Crippen LogP contribution is -2.15. The van der Waals surface area contributed by atoms with Crippen LogP contribution in [0.2, 0.25) is 5.02 Å². The van der Waals surface area contributed by atoms with Gasteiger partial charge in [0.05, 0.1) is 16.5 Å². The second kappa shape index (κ2) is 7.93. The molecule has 1 heterocycles. The van der Waals surface area contributed by atoms with E-state index in [9.17, 15) is 4.79 Å². The van der Waals surface area contributed by atoms with E-state index in [2.05, 4.69) is 15.5 Å². The number of benzene rings is 2. The van der Waals surface area contributed by atoms with Gasteiger partial charge >= 0.3 is 0 Å². The van der Waals surface area contributed by atoms with Gasteiger partial charge in [-0.25, -0.2) is 0 Å². The van der Waals surface area contributed by atoms with E-state index < -0.39 is 0 Å². The zero-order valence-electron chi connectivity index (χ0n) is 14.7. The van der Waals surface area contributed by atoms with E-state index >= 15 is 0 Å². The number of nitrogens with one attached hydrogen (secondary N) is 1. The van der Waals surface area contributed by atoms with Crippen LogP contribution in [0.3, 0.4) is 0 Å². The van der Waals surface area contributed by atoms with E-state index in [0.29, 0.717) is 21.8 Å². The van der Waals surface area contributed by atoms with Crippen molar-refractivity contribution in [1.29, 1.82) is 0 Å². The first-order valence-electron chi connectivity index (χ1n) is 8.03. The lowest BCUT2D eigenvalue weighted by atomic mass is 10.1. The third-order valence-electron chi connectivity index (χ3n) is 3.80. The van der Waals surface area contributed by atoms with Crippen LogP contribution in [0.1, 0.15) is 16.7 Å². The van der Waals surface area contributed by atoms with Crippen LogP contribution in [0, 0.1) is 20.8 Å². The van der Waals surface area contributed by atoms with E-state index in [1.807, 2.05) is 57.2 Å². The summed E-state index contributed by atoms with van der Waals surface area (Å²) >= 11 is 7.41.